The summed E-state index contributed by atoms with van der Waals surface area (Å²) in [7, 11) is 0. The number of hydrogen-bond acceptors (Lipinski definition) is 0. The highest BCUT2D eigenvalue weighted by atomic mass is 35.5. The van der Waals surface area contributed by atoms with Crippen molar-refractivity contribution >= 4 is 11.6 Å². The first-order valence-electron chi connectivity index (χ1n) is 7.45. The van der Waals surface area contributed by atoms with Gasteiger partial charge in [0.15, 0.2) is 0 Å². The van der Waals surface area contributed by atoms with Crippen LogP contribution in [0, 0.1) is 5.92 Å². The smallest absolute Gasteiger partial charge is 0.0613 e. The number of benzene rings is 1. The van der Waals surface area contributed by atoms with Gasteiger partial charge in [-0.25, -0.2) is 0 Å². The number of alkyl halides is 1. The molecule has 2 unspecified atom stereocenters. The minimum absolute atomic E-state index is 0.178. The van der Waals surface area contributed by atoms with Gasteiger partial charge in [0, 0.05) is 0 Å². The summed E-state index contributed by atoms with van der Waals surface area (Å²) in [6.45, 7) is 6.72. The van der Waals surface area contributed by atoms with Crippen LogP contribution >= 0.6 is 11.6 Å². The van der Waals surface area contributed by atoms with E-state index in [4.69, 9.17) is 11.6 Å². The largest absolute Gasteiger partial charge is 0.118 e. The van der Waals surface area contributed by atoms with E-state index in [1.54, 1.807) is 0 Å². The number of unbranched alkanes of at least 4 members (excludes halogenated alkanes) is 1. The first-order chi connectivity index (χ1) is 8.72. The van der Waals surface area contributed by atoms with Crippen LogP contribution in [0.4, 0.5) is 0 Å². The van der Waals surface area contributed by atoms with Gasteiger partial charge < -0.3 is 0 Å². The van der Waals surface area contributed by atoms with Crippen molar-refractivity contribution in [2.24, 2.45) is 5.92 Å². The minimum atomic E-state index is 0.178. The van der Waals surface area contributed by atoms with E-state index in [0.29, 0.717) is 5.92 Å². The highest BCUT2D eigenvalue weighted by molar-refractivity contribution is 6.21. The highest BCUT2D eigenvalue weighted by Gasteiger charge is 2.18. The summed E-state index contributed by atoms with van der Waals surface area (Å²) in [4.78, 5) is 0. The Hall–Kier alpha value is -0.490. The van der Waals surface area contributed by atoms with Gasteiger partial charge in [-0.3, -0.25) is 0 Å². The van der Waals surface area contributed by atoms with Gasteiger partial charge >= 0.3 is 0 Å². The normalized spacial score (nSPS) is 14.4. The van der Waals surface area contributed by atoms with Crippen molar-refractivity contribution in [1.29, 1.82) is 0 Å². The standard InChI is InChI=1S/C17H27Cl/c1-4-7-9-15(6-3)17(18)16-12-10-14(8-5-2)11-13-16/h10-13,15,17H,4-9H2,1-3H3. The first kappa shape index (κ1) is 15.6. The van der Waals surface area contributed by atoms with Crippen molar-refractivity contribution in [2.45, 2.75) is 64.7 Å². The fourth-order valence-electron chi connectivity index (χ4n) is 2.45. The zero-order valence-electron chi connectivity index (χ0n) is 12.1. The van der Waals surface area contributed by atoms with Gasteiger partial charge in [-0.15, -0.1) is 11.6 Å². The zero-order valence-corrected chi connectivity index (χ0v) is 12.8. The van der Waals surface area contributed by atoms with E-state index < -0.39 is 0 Å². The first-order valence-corrected chi connectivity index (χ1v) is 7.89. The molecule has 0 aliphatic rings. The molecule has 0 spiro atoms. The molecule has 0 aliphatic heterocycles. The lowest BCUT2D eigenvalue weighted by molar-refractivity contribution is 0.437. The Morgan fingerprint density at radius 3 is 2.17 bits per heavy atom. The maximum Gasteiger partial charge on any atom is 0.0613 e. The van der Waals surface area contributed by atoms with Crippen LogP contribution in [0.5, 0.6) is 0 Å². The molecule has 0 aliphatic carbocycles. The van der Waals surface area contributed by atoms with Crippen LogP contribution in [0.25, 0.3) is 0 Å². The van der Waals surface area contributed by atoms with E-state index in [1.165, 1.54) is 49.7 Å². The maximum absolute atomic E-state index is 6.64. The van der Waals surface area contributed by atoms with Crippen molar-refractivity contribution in [1.82, 2.24) is 0 Å². The Kier molecular flexibility index (Phi) is 7.42. The average molecular weight is 267 g/mol. The summed E-state index contributed by atoms with van der Waals surface area (Å²) in [5, 5.41) is 0.178. The van der Waals surface area contributed by atoms with Crippen molar-refractivity contribution in [3.8, 4) is 0 Å². The second-order valence-electron chi connectivity index (χ2n) is 5.20. The molecule has 0 nitrogen and oxygen atoms in total. The number of rotatable bonds is 8. The predicted molar refractivity (Wildman–Crippen MR) is 82.3 cm³/mol. The lowest BCUT2D eigenvalue weighted by atomic mass is 9.91. The molecule has 0 saturated carbocycles. The molecule has 0 N–H and O–H groups in total. The molecule has 0 saturated heterocycles. The molecule has 102 valence electrons. The van der Waals surface area contributed by atoms with Crippen LogP contribution in [0.15, 0.2) is 24.3 Å². The Morgan fingerprint density at radius 1 is 1.00 bits per heavy atom. The van der Waals surface area contributed by atoms with Gasteiger partial charge in [0.2, 0.25) is 0 Å². The lowest BCUT2D eigenvalue weighted by Crippen LogP contribution is -2.07. The molecule has 1 aromatic rings. The Labute approximate surface area is 118 Å². The van der Waals surface area contributed by atoms with E-state index in [-0.39, 0.29) is 5.38 Å². The molecule has 0 radical (unpaired) electrons. The number of aryl methyl sites for hydroxylation is 1. The van der Waals surface area contributed by atoms with E-state index in [9.17, 15) is 0 Å². The van der Waals surface area contributed by atoms with E-state index in [2.05, 4.69) is 45.0 Å². The maximum atomic E-state index is 6.64. The van der Waals surface area contributed by atoms with Crippen LogP contribution in [0.2, 0.25) is 0 Å². The zero-order chi connectivity index (χ0) is 13.4. The van der Waals surface area contributed by atoms with Gasteiger partial charge in [-0.2, -0.15) is 0 Å². The Balaban J connectivity index is 2.65. The summed E-state index contributed by atoms with van der Waals surface area (Å²) in [5.74, 6) is 0.614. The van der Waals surface area contributed by atoms with Gasteiger partial charge in [-0.1, -0.05) is 70.7 Å². The average Bonchev–Trinajstić information content (AvgIpc) is 2.40. The summed E-state index contributed by atoms with van der Waals surface area (Å²) in [6, 6.07) is 8.91. The molecule has 0 heterocycles. The molecule has 1 aromatic carbocycles. The van der Waals surface area contributed by atoms with Gasteiger partial charge in [0.1, 0.15) is 0 Å². The molecule has 0 bridgehead atoms. The third-order valence-electron chi connectivity index (χ3n) is 3.70. The molecule has 18 heavy (non-hydrogen) atoms. The Morgan fingerprint density at radius 2 is 1.67 bits per heavy atom. The summed E-state index contributed by atoms with van der Waals surface area (Å²) in [6.07, 6.45) is 7.34. The molecule has 2 atom stereocenters. The van der Waals surface area contributed by atoms with Crippen molar-refractivity contribution in [3.63, 3.8) is 0 Å². The van der Waals surface area contributed by atoms with E-state index >= 15 is 0 Å². The summed E-state index contributed by atoms with van der Waals surface area (Å²) < 4.78 is 0. The second kappa shape index (κ2) is 8.58. The summed E-state index contributed by atoms with van der Waals surface area (Å²) >= 11 is 6.64. The molecule has 1 rings (SSSR count). The highest BCUT2D eigenvalue weighted by Crippen LogP contribution is 2.34. The molecule has 0 fully saturated rings. The SMILES string of the molecule is CCCCC(CC)C(Cl)c1ccc(CCC)cc1. The van der Waals surface area contributed by atoms with Crippen molar-refractivity contribution in [3.05, 3.63) is 35.4 Å². The van der Waals surface area contributed by atoms with Gasteiger partial charge in [0.25, 0.3) is 0 Å². The third kappa shape index (κ3) is 4.65. The van der Waals surface area contributed by atoms with Crippen molar-refractivity contribution < 1.29 is 0 Å². The van der Waals surface area contributed by atoms with Crippen LogP contribution < -0.4 is 0 Å². The number of halogens is 1. The predicted octanol–water partition coefficient (Wildman–Crippen LogP) is 6.14. The quantitative estimate of drug-likeness (QED) is 0.496. The summed E-state index contributed by atoms with van der Waals surface area (Å²) in [5.41, 5.74) is 2.71. The molecular formula is C17H27Cl. The third-order valence-corrected chi connectivity index (χ3v) is 4.31. The van der Waals surface area contributed by atoms with Gasteiger partial charge in [0.05, 0.1) is 5.38 Å². The van der Waals surface area contributed by atoms with Crippen LogP contribution in [0.1, 0.15) is 69.4 Å². The second-order valence-corrected chi connectivity index (χ2v) is 5.67. The molecular weight excluding hydrogens is 240 g/mol. The topological polar surface area (TPSA) is 0 Å². The fourth-order valence-corrected chi connectivity index (χ4v) is 2.90. The minimum Gasteiger partial charge on any atom is -0.118 e. The van der Waals surface area contributed by atoms with E-state index in [0.717, 1.165) is 0 Å². The monoisotopic (exact) mass is 266 g/mol. The fraction of sp³-hybridized carbons (Fsp3) is 0.647. The van der Waals surface area contributed by atoms with Crippen molar-refractivity contribution in [2.75, 3.05) is 0 Å². The molecule has 0 amide bonds. The van der Waals surface area contributed by atoms with Crippen LogP contribution in [0.3, 0.4) is 0 Å². The lowest BCUT2D eigenvalue weighted by Gasteiger charge is -2.21. The van der Waals surface area contributed by atoms with E-state index in [1.807, 2.05) is 0 Å². The number of hydrogen-bond donors (Lipinski definition) is 0. The Bertz CT molecular complexity index is 315. The van der Waals surface area contributed by atoms with Gasteiger partial charge in [-0.05, 0) is 29.9 Å². The molecule has 1 heteroatoms. The van der Waals surface area contributed by atoms with Crippen LogP contribution in [-0.4, -0.2) is 0 Å². The van der Waals surface area contributed by atoms with Crippen LogP contribution in [-0.2, 0) is 6.42 Å². The molecule has 0 aromatic heterocycles.